The summed E-state index contributed by atoms with van der Waals surface area (Å²) in [7, 11) is 0. The molecule has 0 nitrogen and oxygen atoms in total. The SMILES string of the molecule is CC(C)(C)c1cc2c([c-]c1-c1ccccc1)Cc1cc(-c3ccccc3)c(C(C)(C)C)cc1-2.Cc1ccc([Si](=[Zr+2])c2ccc(C)cc2)cc1.[C-]1=CC=CC1. The molecule has 0 radical (unpaired) electrons. The molecular formula is C52H52SiZr. The van der Waals surface area contributed by atoms with E-state index in [0.717, 1.165) is 12.8 Å². The van der Waals surface area contributed by atoms with Crippen molar-refractivity contribution in [2.24, 2.45) is 0 Å². The van der Waals surface area contributed by atoms with Crippen LogP contribution in [-0.4, -0.2) is 5.43 Å². The van der Waals surface area contributed by atoms with E-state index in [1.54, 1.807) is 23.3 Å². The van der Waals surface area contributed by atoms with Crippen LogP contribution in [0.15, 0.2) is 146 Å². The van der Waals surface area contributed by atoms with Gasteiger partial charge in [-0.15, -0.1) is 35.2 Å². The maximum atomic E-state index is 3.88. The van der Waals surface area contributed by atoms with Crippen molar-refractivity contribution in [1.29, 1.82) is 0 Å². The van der Waals surface area contributed by atoms with Gasteiger partial charge in [0.25, 0.3) is 0 Å². The van der Waals surface area contributed by atoms with E-state index in [2.05, 4.69) is 201 Å². The number of allylic oxidation sites excluding steroid dienone is 4. The van der Waals surface area contributed by atoms with Crippen molar-refractivity contribution in [3.05, 3.63) is 191 Å². The molecule has 0 spiro atoms. The summed E-state index contributed by atoms with van der Waals surface area (Å²) in [5.74, 6) is 0. The first-order valence-corrected chi connectivity index (χ1v) is 24.3. The normalized spacial score (nSPS) is 12.6. The molecule has 2 aliphatic carbocycles. The zero-order valence-electron chi connectivity index (χ0n) is 33.3. The molecule has 268 valence electrons. The summed E-state index contributed by atoms with van der Waals surface area (Å²) in [4.78, 5) is 0. The quantitative estimate of drug-likeness (QED) is 0.123. The molecule has 0 amide bonds. The van der Waals surface area contributed by atoms with Crippen LogP contribution in [0.5, 0.6) is 0 Å². The average Bonchev–Trinajstić information content (AvgIpc) is 3.86. The van der Waals surface area contributed by atoms with Crippen LogP contribution in [0, 0.1) is 26.0 Å². The Balaban J connectivity index is 0.000000195. The summed E-state index contributed by atoms with van der Waals surface area (Å²) >= 11 is 1.65. The van der Waals surface area contributed by atoms with Gasteiger partial charge in [0.2, 0.25) is 0 Å². The molecule has 0 heterocycles. The van der Waals surface area contributed by atoms with Crippen LogP contribution >= 0.6 is 0 Å². The number of benzene rings is 6. The van der Waals surface area contributed by atoms with E-state index in [1.165, 1.54) is 77.1 Å². The largest absolute Gasteiger partial charge is 0.273 e. The zero-order valence-corrected chi connectivity index (χ0v) is 36.7. The van der Waals surface area contributed by atoms with Gasteiger partial charge in [-0.3, -0.25) is 6.08 Å². The minimum absolute atomic E-state index is 0.0380. The fourth-order valence-electron chi connectivity index (χ4n) is 7.05. The Hall–Kier alpha value is -4.10. The second kappa shape index (κ2) is 17.1. The van der Waals surface area contributed by atoms with Gasteiger partial charge in [0.1, 0.15) is 0 Å². The number of hydrogen-bond acceptors (Lipinski definition) is 0. The number of rotatable bonds is 4. The number of hydrogen-bond donors (Lipinski definition) is 0. The summed E-state index contributed by atoms with van der Waals surface area (Å²) in [5.41, 5.74) is 15.7. The monoisotopic (exact) mass is 794 g/mol. The van der Waals surface area contributed by atoms with Crippen LogP contribution in [0.1, 0.15) is 81.3 Å². The Kier molecular flexibility index (Phi) is 12.6. The number of aryl methyl sites for hydroxylation is 2. The Bertz CT molecular complexity index is 2110. The fraction of sp³-hybridized carbons (Fsp3) is 0.231. The van der Waals surface area contributed by atoms with E-state index in [1.807, 2.05) is 12.2 Å². The van der Waals surface area contributed by atoms with E-state index in [0.29, 0.717) is 0 Å². The zero-order chi connectivity index (χ0) is 38.5. The van der Waals surface area contributed by atoms with Gasteiger partial charge in [-0.1, -0.05) is 131 Å². The molecule has 0 atom stereocenters. The first-order chi connectivity index (χ1) is 25.8. The van der Waals surface area contributed by atoms with E-state index in [9.17, 15) is 0 Å². The van der Waals surface area contributed by atoms with Crippen molar-refractivity contribution in [3.8, 4) is 33.4 Å². The van der Waals surface area contributed by atoms with Crippen LogP contribution in [0.25, 0.3) is 33.4 Å². The van der Waals surface area contributed by atoms with Gasteiger partial charge in [0.15, 0.2) is 0 Å². The van der Waals surface area contributed by atoms with Gasteiger partial charge in [0.05, 0.1) is 0 Å². The molecule has 54 heavy (non-hydrogen) atoms. The molecule has 0 bridgehead atoms. The fourth-order valence-corrected chi connectivity index (χ4v) is 10.8. The molecule has 2 heteroatoms. The van der Waals surface area contributed by atoms with E-state index in [-0.39, 0.29) is 10.8 Å². The summed E-state index contributed by atoms with van der Waals surface area (Å²) in [6.07, 6.45) is 10.9. The van der Waals surface area contributed by atoms with Crippen molar-refractivity contribution in [2.75, 3.05) is 0 Å². The Morgan fingerprint density at radius 3 is 1.56 bits per heavy atom. The van der Waals surface area contributed by atoms with Crippen molar-refractivity contribution in [2.45, 2.75) is 79.1 Å². The third-order valence-corrected chi connectivity index (χ3v) is 16.2. The Labute approximate surface area is 340 Å². The van der Waals surface area contributed by atoms with E-state index < -0.39 is 5.43 Å². The minimum Gasteiger partial charge on any atom is -0.273 e. The summed E-state index contributed by atoms with van der Waals surface area (Å²) in [6, 6.07) is 50.9. The molecule has 0 saturated heterocycles. The second-order valence-electron chi connectivity index (χ2n) is 16.5. The standard InChI is InChI=1S/C33H33.C14H14Si.C5H5.Zr/c1-32(2,3)30-20-26-24(18-28(30)22-13-9-7-10-14-22)17-25-19-29(23-15-11-8-12-16-23)31(21-27(25)26)33(4,5)6;1-11-3-7-13(8-4-11)15-14-9-5-12(2)6-10-14;1-2-4-5-3-1;/h7-16,18,20-21H,17H2,1-6H3;3-10H,1-2H3;1-3H,4H2;/q-1;;-1;+2. The maximum Gasteiger partial charge on any atom is -0.109 e. The van der Waals surface area contributed by atoms with Crippen LogP contribution in [0.2, 0.25) is 0 Å². The third kappa shape index (κ3) is 9.57. The van der Waals surface area contributed by atoms with Gasteiger partial charge < -0.3 is 0 Å². The first-order valence-electron chi connectivity index (χ1n) is 19.1. The van der Waals surface area contributed by atoms with Crippen LogP contribution < -0.4 is 10.4 Å². The predicted molar refractivity (Wildman–Crippen MR) is 231 cm³/mol. The van der Waals surface area contributed by atoms with Crippen LogP contribution in [-0.2, 0) is 40.6 Å². The van der Waals surface area contributed by atoms with Gasteiger partial charge in [-0.2, -0.15) is 6.08 Å². The molecule has 0 N–H and O–H groups in total. The van der Waals surface area contributed by atoms with Gasteiger partial charge in [0, 0.05) is 0 Å². The molecule has 0 saturated carbocycles. The molecule has 6 aromatic carbocycles. The predicted octanol–water partition coefficient (Wildman–Crippen LogP) is 12.2. The molecule has 8 rings (SSSR count). The third-order valence-electron chi connectivity index (χ3n) is 10.1. The molecule has 0 aliphatic heterocycles. The summed E-state index contributed by atoms with van der Waals surface area (Å²) in [5, 5.41) is 3.05. The molecule has 0 unspecified atom stereocenters. The minimum atomic E-state index is -0.488. The van der Waals surface area contributed by atoms with Gasteiger partial charge >= 0.3 is 113 Å². The Morgan fingerprint density at radius 1 is 0.574 bits per heavy atom. The van der Waals surface area contributed by atoms with Crippen molar-refractivity contribution in [3.63, 3.8) is 0 Å². The molecular weight excluding hydrogens is 744 g/mol. The molecule has 0 aromatic heterocycles. The van der Waals surface area contributed by atoms with Crippen molar-refractivity contribution >= 4 is 15.8 Å². The van der Waals surface area contributed by atoms with Gasteiger partial charge in [-0.25, -0.2) is 12.2 Å². The van der Waals surface area contributed by atoms with E-state index in [4.69, 9.17) is 0 Å². The summed E-state index contributed by atoms with van der Waals surface area (Å²) < 4.78 is 0. The topological polar surface area (TPSA) is 0 Å². The second-order valence-corrected chi connectivity index (χ2v) is 22.1. The maximum absolute atomic E-state index is 3.88. The molecule has 6 aromatic rings. The molecule has 0 fully saturated rings. The first kappa shape index (κ1) is 39.6. The van der Waals surface area contributed by atoms with Crippen LogP contribution in [0.4, 0.5) is 0 Å². The average molecular weight is 796 g/mol. The van der Waals surface area contributed by atoms with E-state index >= 15 is 0 Å². The van der Waals surface area contributed by atoms with Crippen LogP contribution in [0.3, 0.4) is 0 Å². The van der Waals surface area contributed by atoms with Crippen molar-refractivity contribution < 1.29 is 23.3 Å². The molecule has 2 aliphatic rings. The smallest absolute Gasteiger partial charge is 0.109 e. The van der Waals surface area contributed by atoms with Gasteiger partial charge in [-0.05, 0) is 39.5 Å². The number of fused-ring (bicyclic) bond motifs is 3. The van der Waals surface area contributed by atoms with Crippen molar-refractivity contribution in [1.82, 2.24) is 0 Å². The Morgan fingerprint density at radius 2 is 1.09 bits per heavy atom. The summed E-state index contributed by atoms with van der Waals surface area (Å²) in [6.45, 7) is 18.2.